The highest BCUT2D eigenvalue weighted by Crippen LogP contribution is 2.42. The van der Waals surface area contributed by atoms with Crippen molar-refractivity contribution in [2.75, 3.05) is 7.11 Å². The lowest BCUT2D eigenvalue weighted by atomic mass is 9.93. The lowest BCUT2D eigenvalue weighted by Crippen LogP contribution is -2.74. The van der Waals surface area contributed by atoms with E-state index in [0.29, 0.717) is 5.57 Å². The van der Waals surface area contributed by atoms with E-state index in [-0.39, 0.29) is 24.3 Å². The van der Waals surface area contributed by atoms with Gasteiger partial charge in [0.15, 0.2) is 12.1 Å². The zero-order valence-electron chi connectivity index (χ0n) is 23.0. The van der Waals surface area contributed by atoms with Crippen LogP contribution in [0.25, 0.3) is 0 Å². The monoisotopic (exact) mass is 582 g/mol. The zero-order chi connectivity index (χ0) is 29.6. The van der Waals surface area contributed by atoms with Gasteiger partial charge in [-0.15, -0.1) is 11.8 Å². The van der Waals surface area contributed by atoms with Crippen molar-refractivity contribution in [2.24, 2.45) is 0 Å². The minimum absolute atomic E-state index is 0.0162. The first kappa shape index (κ1) is 28.9. The van der Waals surface area contributed by atoms with Gasteiger partial charge >= 0.3 is 11.9 Å². The Morgan fingerprint density at radius 3 is 2.05 bits per heavy atom. The molecule has 2 aliphatic heterocycles. The van der Waals surface area contributed by atoms with Gasteiger partial charge in [-0.2, -0.15) is 0 Å². The van der Waals surface area contributed by atoms with Gasteiger partial charge in [-0.05, 0) is 27.7 Å². The van der Waals surface area contributed by atoms with Gasteiger partial charge in [-0.25, -0.2) is 9.59 Å². The Kier molecular flexibility index (Phi) is 8.88. The highest BCUT2D eigenvalue weighted by molar-refractivity contribution is 8.02. The number of nitrogens with zero attached hydrogens (tertiary/aromatic N) is 1. The normalized spacial score (nSPS) is 19.2. The van der Waals surface area contributed by atoms with Crippen molar-refractivity contribution in [1.82, 2.24) is 10.2 Å². The minimum atomic E-state index is -1.11. The predicted octanol–water partition coefficient (Wildman–Crippen LogP) is 4.33. The van der Waals surface area contributed by atoms with E-state index in [2.05, 4.69) is 11.9 Å². The zero-order valence-corrected chi connectivity index (χ0v) is 23.8. The first-order valence-electron chi connectivity index (χ1n) is 13.4. The summed E-state index contributed by atoms with van der Waals surface area (Å²) in [6.07, 6.45) is -0.582. The molecule has 8 nitrogen and oxygen atoms in total. The summed E-state index contributed by atoms with van der Waals surface area (Å²) in [5.41, 5.74) is 2.99. The fraction of sp³-hybridized carbons (Fsp3) is 0.212. The molecule has 9 heteroatoms. The summed E-state index contributed by atoms with van der Waals surface area (Å²) < 4.78 is 10.9. The number of β-lactam (4-membered cyclic amide) rings is 1. The number of hydrogen-bond acceptors (Lipinski definition) is 7. The number of thioether (sulfide) groups is 1. The highest BCUT2D eigenvalue weighted by Gasteiger charge is 2.56. The van der Waals surface area contributed by atoms with Crippen molar-refractivity contribution < 1.29 is 28.7 Å². The Morgan fingerprint density at radius 2 is 1.48 bits per heavy atom. The summed E-state index contributed by atoms with van der Waals surface area (Å²) in [6, 6.07) is 26.0. The summed E-state index contributed by atoms with van der Waals surface area (Å²) in [7, 11) is 1.26. The molecule has 214 valence electrons. The van der Waals surface area contributed by atoms with E-state index in [4.69, 9.17) is 9.47 Å². The minimum Gasteiger partial charge on any atom is -0.466 e. The Hall–Kier alpha value is -4.63. The van der Waals surface area contributed by atoms with Gasteiger partial charge in [0, 0.05) is 12.0 Å². The standard InChI is InChI=1S/C33H30N2O6S/c1-21(32(38)40-2)18-25-20-42-31-27(34-26(36)19-22-12-6-3-7-13-22)30(37)35(31)28(25)33(39)41-29(23-14-8-4-9-15-23)24-16-10-5-11-17-24/h3-17,20,27-29,31H,1,18-19H2,2H3,(H,34,36)/t27-,28-,31-/m1/s1. The van der Waals surface area contributed by atoms with Crippen molar-refractivity contribution in [2.45, 2.75) is 36.4 Å². The van der Waals surface area contributed by atoms with Crippen LogP contribution >= 0.6 is 11.8 Å². The van der Waals surface area contributed by atoms with Crippen molar-refractivity contribution in [3.05, 3.63) is 131 Å². The van der Waals surface area contributed by atoms with Crippen molar-refractivity contribution >= 4 is 35.5 Å². The fourth-order valence-corrected chi connectivity index (χ4v) is 6.30. The second kappa shape index (κ2) is 12.9. The molecule has 0 aliphatic carbocycles. The quantitative estimate of drug-likeness (QED) is 0.216. The number of rotatable bonds is 10. The van der Waals surface area contributed by atoms with Gasteiger partial charge in [0.25, 0.3) is 0 Å². The average Bonchev–Trinajstić information content (AvgIpc) is 3.03. The molecule has 0 radical (unpaired) electrons. The lowest BCUT2D eigenvalue weighted by molar-refractivity contribution is -0.165. The molecule has 1 fully saturated rings. The number of hydrogen-bond donors (Lipinski definition) is 1. The second-order valence-corrected chi connectivity index (χ2v) is 11.0. The number of nitrogens with one attached hydrogen (secondary N) is 1. The van der Waals surface area contributed by atoms with Gasteiger partial charge in [0.05, 0.1) is 13.5 Å². The Labute approximate surface area is 248 Å². The number of carbonyl (C=O) groups excluding carboxylic acids is 4. The van der Waals surface area contributed by atoms with Crippen LogP contribution in [0, 0.1) is 0 Å². The summed E-state index contributed by atoms with van der Waals surface area (Å²) in [5.74, 6) is -1.95. The number of carbonyl (C=O) groups is 4. The number of amides is 2. The molecule has 2 amide bonds. The van der Waals surface area contributed by atoms with Crippen LogP contribution in [0.4, 0.5) is 0 Å². The fourth-order valence-electron chi connectivity index (χ4n) is 5.07. The third-order valence-corrected chi connectivity index (χ3v) is 8.36. The van der Waals surface area contributed by atoms with E-state index in [1.807, 2.05) is 91.0 Å². The van der Waals surface area contributed by atoms with Gasteiger partial charge < -0.3 is 19.7 Å². The predicted molar refractivity (Wildman–Crippen MR) is 159 cm³/mol. The summed E-state index contributed by atoms with van der Waals surface area (Å²) in [5, 5.41) is 4.06. The van der Waals surface area contributed by atoms with E-state index >= 15 is 0 Å². The molecule has 3 atom stereocenters. The molecule has 0 saturated carbocycles. The van der Waals surface area contributed by atoms with Crippen LogP contribution < -0.4 is 5.32 Å². The topological polar surface area (TPSA) is 102 Å². The van der Waals surface area contributed by atoms with Crippen LogP contribution in [0.1, 0.15) is 29.2 Å². The molecule has 0 aromatic heterocycles. The number of methoxy groups -OCH3 is 1. The molecule has 0 spiro atoms. The third-order valence-electron chi connectivity index (χ3n) is 7.15. The average molecular weight is 583 g/mol. The van der Waals surface area contributed by atoms with E-state index in [1.165, 1.54) is 23.8 Å². The van der Waals surface area contributed by atoms with Crippen LogP contribution in [-0.4, -0.2) is 53.2 Å². The van der Waals surface area contributed by atoms with Crippen LogP contribution in [0.15, 0.2) is 114 Å². The molecular formula is C33H30N2O6S. The van der Waals surface area contributed by atoms with Crippen molar-refractivity contribution in [1.29, 1.82) is 0 Å². The second-order valence-electron chi connectivity index (χ2n) is 9.99. The Morgan fingerprint density at radius 1 is 0.905 bits per heavy atom. The van der Waals surface area contributed by atoms with E-state index in [9.17, 15) is 19.2 Å². The van der Waals surface area contributed by atoms with Gasteiger partial charge in [-0.1, -0.05) is 97.6 Å². The van der Waals surface area contributed by atoms with Gasteiger partial charge in [0.2, 0.25) is 11.8 Å². The lowest BCUT2D eigenvalue weighted by Gasteiger charge is -2.52. The summed E-state index contributed by atoms with van der Waals surface area (Å²) >= 11 is 1.30. The Bertz CT molecular complexity index is 1470. The first-order valence-corrected chi connectivity index (χ1v) is 14.4. The van der Waals surface area contributed by atoms with Crippen molar-refractivity contribution in [3.8, 4) is 0 Å². The number of benzene rings is 3. The van der Waals surface area contributed by atoms with E-state index < -0.39 is 41.4 Å². The van der Waals surface area contributed by atoms with Crippen LogP contribution in [0.2, 0.25) is 0 Å². The molecule has 1 N–H and O–H groups in total. The molecule has 5 rings (SSSR count). The van der Waals surface area contributed by atoms with Crippen LogP contribution in [0.5, 0.6) is 0 Å². The van der Waals surface area contributed by atoms with Crippen LogP contribution in [0.3, 0.4) is 0 Å². The Balaban J connectivity index is 1.40. The smallest absolute Gasteiger partial charge is 0.334 e. The number of ether oxygens (including phenoxy) is 2. The van der Waals surface area contributed by atoms with Gasteiger partial charge in [-0.3, -0.25) is 9.59 Å². The molecular weight excluding hydrogens is 552 g/mol. The SMILES string of the molecule is C=C(CC1=CS[C@@H]2[C@H](NC(=O)Cc3ccccc3)C(=O)N2[C@H]1C(=O)OC(c1ccccc1)c1ccccc1)C(=O)OC. The molecule has 2 heterocycles. The highest BCUT2D eigenvalue weighted by atomic mass is 32.2. The molecule has 2 aliphatic rings. The first-order chi connectivity index (χ1) is 20.4. The largest absolute Gasteiger partial charge is 0.466 e. The summed E-state index contributed by atoms with van der Waals surface area (Å²) in [6.45, 7) is 3.81. The van der Waals surface area contributed by atoms with Crippen molar-refractivity contribution in [3.63, 3.8) is 0 Å². The molecule has 0 bridgehead atoms. The molecule has 42 heavy (non-hydrogen) atoms. The maximum atomic E-state index is 14.0. The third kappa shape index (κ3) is 6.16. The maximum Gasteiger partial charge on any atom is 0.334 e. The number of fused-ring (bicyclic) bond motifs is 1. The van der Waals surface area contributed by atoms with Gasteiger partial charge in [0.1, 0.15) is 11.4 Å². The molecule has 3 aromatic carbocycles. The van der Waals surface area contributed by atoms with E-state index in [1.54, 1.807) is 5.41 Å². The maximum absolute atomic E-state index is 14.0. The summed E-state index contributed by atoms with van der Waals surface area (Å²) in [4.78, 5) is 53.8. The van der Waals surface area contributed by atoms with Crippen LogP contribution in [-0.2, 0) is 35.1 Å². The molecule has 0 unspecified atom stereocenters. The molecule has 1 saturated heterocycles. The number of esters is 2. The molecule has 3 aromatic rings. The van der Waals surface area contributed by atoms with E-state index in [0.717, 1.165) is 16.7 Å².